The van der Waals surface area contributed by atoms with Gasteiger partial charge in [0.1, 0.15) is 4.90 Å². The molecule has 94 valence electrons. The second-order valence-electron chi connectivity index (χ2n) is 3.90. The fourth-order valence-electron chi connectivity index (χ4n) is 1.54. The minimum absolute atomic E-state index is 0.182. The molecule has 0 heterocycles. The quantitative estimate of drug-likeness (QED) is 0.477. The summed E-state index contributed by atoms with van der Waals surface area (Å²) in [5.74, 6) is 0. The number of sulfonamides is 1. The van der Waals surface area contributed by atoms with Gasteiger partial charge in [-0.3, -0.25) is 0 Å². The van der Waals surface area contributed by atoms with Crippen LogP contribution in [0.5, 0.6) is 0 Å². The minimum Gasteiger partial charge on any atom is -0.398 e. The van der Waals surface area contributed by atoms with Crippen molar-refractivity contribution in [3.63, 3.8) is 0 Å². The van der Waals surface area contributed by atoms with E-state index in [1.807, 2.05) is 13.0 Å². The summed E-state index contributed by atoms with van der Waals surface area (Å²) in [6, 6.07) is 3.43. The van der Waals surface area contributed by atoms with Gasteiger partial charge in [-0.1, -0.05) is 12.1 Å². The number of anilines is 1. The molecule has 1 rings (SSSR count). The number of rotatable bonds is 5. The SMILES string of the molecule is C=CCCNS(=O)(=O)c1c(N)ccc(C)c1C. The van der Waals surface area contributed by atoms with Gasteiger partial charge in [-0.2, -0.15) is 0 Å². The number of hydrogen-bond donors (Lipinski definition) is 2. The van der Waals surface area contributed by atoms with Gasteiger partial charge in [0.15, 0.2) is 0 Å². The molecule has 0 fully saturated rings. The zero-order chi connectivity index (χ0) is 13.1. The molecule has 4 nitrogen and oxygen atoms in total. The maximum Gasteiger partial charge on any atom is 0.242 e. The Kier molecular flexibility index (Phi) is 4.31. The van der Waals surface area contributed by atoms with Gasteiger partial charge in [-0.15, -0.1) is 6.58 Å². The Morgan fingerprint density at radius 3 is 2.65 bits per heavy atom. The first-order valence-corrected chi connectivity index (χ1v) is 6.84. The Bertz CT molecular complexity index is 522. The van der Waals surface area contributed by atoms with Crippen LogP contribution in [-0.4, -0.2) is 15.0 Å². The van der Waals surface area contributed by atoms with Gasteiger partial charge >= 0.3 is 0 Å². The summed E-state index contributed by atoms with van der Waals surface area (Å²) >= 11 is 0. The zero-order valence-electron chi connectivity index (χ0n) is 10.2. The predicted octanol–water partition coefficient (Wildman–Crippen LogP) is 1.74. The summed E-state index contributed by atoms with van der Waals surface area (Å²) in [5.41, 5.74) is 7.62. The summed E-state index contributed by atoms with van der Waals surface area (Å²) in [5, 5.41) is 0. The van der Waals surface area contributed by atoms with E-state index in [2.05, 4.69) is 11.3 Å². The lowest BCUT2D eigenvalue weighted by atomic mass is 10.1. The average molecular weight is 254 g/mol. The van der Waals surface area contributed by atoms with E-state index >= 15 is 0 Å². The van der Waals surface area contributed by atoms with E-state index in [1.165, 1.54) is 0 Å². The van der Waals surface area contributed by atoms with E-state index in [-0.39, 0.29) is 10.6 Å². The molecular weight excluding hydrogens is 236 g/mol. The first kappa shape index (κ1) is 13.7. The zero-order valence-corrected chi connectivity index (χ0v) is 11.0. The maximum absolute atomic E-state index is 12.1. The highest BCUT2D eigenvalue weighted by molar-refractivity contribution is 7.89. The van der Waals surface area contributed by atoms with Crippen molar-refractivity contribution in [2.24, 2.45) is 0 Å². The highest BCUT2D eigenvalue weighted by Crippen LogP contribution is 2.24. The van der Waals surface area contributed by atoms with Crippen molar-refractivity contribution in [3.8, 4) is 0 Å². The molecule has 0 aliphatic carbocycles. The van der Waals surface area contributed by atoms with Gasteiger partial charge in [0.2, 0.25) is 10.0 Å². The molecule has 0 radical (unpaired) electrons. The lowest BCUT2D eigenvalue weighted by Crippen LogP contribution is -2.26. The van der Waals surface area contributed by atoms with Crippen molar-refractivity contribution >= 4 is 15.7 Å². The Labute approximate surface area is 103 Å². The first-order valence-electron chi connectivity index (χ1n) is 5.36. The third kappa shape index (κ3) is 3.08. The maximum atomic E-state index is 12.1. The molecule has 0 aliphatic heterocycles. The lowest BCUT2D eigenvalue weighted by molar-refractivity contribution is 0.582. The molecule has 0 aliphatic rings. The summed E-state index contributed by atoms with van der Waals surface area (Å²) in [6.45, 7) is 7.49. The second kappa shape index (κ2) is 5.33. The standard InChI is InChI=1S/C12H18N2O2S/c1-4-5-8-14-17(15,16)12-10(3)9(2)6-7-11(12)13/h4,6-7,14H,1,5,8,13H2,2-3H3. The highest BCUT2D eigenvalue weighted by atomic mass is 32.2. The normalized spacial score (nSPS) is 11.4. The Morgan fingerprint density at radius 2 is 2.06 bits per heavy atom. The number of nitrogen functional groups attached to an aromatic ring is 1. The summed E-state index contributed by atoms with van der Waals surface area (Å²) < 4.78 is 26.7. The molecule has 3 N–H and O–H groups in total. The van der Waals surface area contributed by atoms with E-state index in [9.17, 15) is 8.42 Å². The van der Waals surface area contributed by atoms with E-state index in [0.717, 1.165) is 5.56 Å². The van der Waals surface area contributed by atoms with Gasteiger partial charge in [-0.25, -0.2) is 13.1 Å². The Hall–Kier alpha value is -1.33. The number of hydrogen-bond acceptors (Lipinski definition) is 3. The predicted molar refractivity (Wildman–Crippen MR) is 70.3 cm³/mol. The summed E-state index contributed by atoms with van der Waals surface area (Å²) in [7, 11) is -3.54. The minimum atomic E-state index is -3.54. The van der Waals surface area contributed by atoms with Gasteiger partial charge in [0, 0.05) is 6.54 Å². The topological polar surface area (TPSA) is 72.2 Å². The van der Waals surface area contributed by atoms with Gasteiger partial charge in [-0.05, 0) is 37.5 Å². The number of aryl methyl sites for hydroxylation is 1. The van der Waals surface area contributed by atoms with E-state index in [4.69, 9.17) is 5.73 Å². The molecule has 1 aromatic carbocycles. The largest absolute Gasteiger partial charge is 0.398 e. The monoisotopic (exact) mass is 254 g/mol. The molecule has 0 amide bonds. The number of nitrogens with two attached hydrogens (primary N) is 1. The average Bonchev–Trinajstić information content (AvgIpc) is 2.24. The molecule has 5 heteroatoms. The van der Waals surface area contributed by atoms with Crippen LogP contribution in [0.1, 0.15) is 17.5 Å². The van der Waals surface area contributed by atoms with E-state index in [1.54, 1.807) is 19.1 Å². The Morgan fingerprint density at radius 1 is 1.41 bits per heavy atom. The molecule has 0 saturated carbocycles. The van der Waals surface area contributed by atoms with Crippen LogP contribution in [0.15, 0.2) is 29.7 Å². The molecule has 17 heavy (non-hydrogen) atoms. The van der Waals surface area contributed by atoms with Crippen LogP contribution in [0.3, 0.4) is 0 Å². The Balaban J connectivity index is 3.15. The number of nitrogens with one attached hydrogen (secondary N) is 1. The van der Waals surface area contributed by atoms with Crippen molar-refractivity contribution in [2.75, 3.05) is 12.3 Å². The van der Waals surface area contributed by atoms with Crippen LogP contribution < -0.4 is 10.5 Å². The van der Waals surface area contributed by atoms with Crippen molar-refractivity contribution in [2.45, 2.75) is 25.2 Å². The fraction of sp³-hybridized carbons (Fsp3) is 0.333. The van der Waals surface area contributed by atoms with Crippen LogP contribution >= 0.6 is 0 Å². The van der Waals surface area contributed by atoms with Crippen molar-refractivity contribution in [1.29, 1.82) is 0 Å². The second-order valence-corrected chi connectivity index (χ2v) is 5.60. The van der Waals surface area contributed by atoms with Crippen LogP contribution in [0.4, 0.5) is 5.69 Å². The highest BCUT2D eigenvalue weighted by Gasteiger charge is 2.20. The van der Waals surface area contributed by atoms with E-state index in [0.29, 0.717) is 18.5 Å². The summed E-state index contributed by atoms with van der Waals surface area (Å²) in [6.07, 6.45) is 2.25. The molecule has 0 aromatic heterocycles. The molecule has 1 aromatic rings. The molecular formula is C12H18N2O2S. The first-order chi connectivity index (χ1) is 7.90. The van der Waals surface area contributed by atoms with Crippen LogP contribution in [0, 0.1) is 13.8 Å². The summed E-state index contributed by atoms with van der Waals surface area (Å²) in [4.78, 5) is 0.182. The lowest BCUT2D eigenvalue weighted by Gasteiger charge is -2.13. The van der Waals surface area contributed by atoms with Crippen molar-refractivity contribution in [1.82, 2.24) is 4.72 Å². The third-order valence-corrected chi connectivity index (χ3v) is 4.28. The van der Waals surface area contributed by atoms with Crippen LogP contribution in [0.25, 0.3) is 0 Å². The van der Waals surface area contributed by atoms with E-state index < -0.39 is 10.0 Å². The van der Waals surface area contributed by atoms with Gasteiger partial charge in [0.25, 0.3) is 0 Å². The van der Waals surface area contributed by atoms with Gasteiger partial charge < -0.3 is 5.73 Å². The number of benzene rings is 1. The molecule has 0 unspecified atom stereocenters. The molecule has 0 bridgehead atoms. The smallest absolute Gasteiger partial charge is 0.242 e. The van der Waals surface area contributed by atoms with Crippen molar-refractivity contribution in [3.05, 3.63) is 35.9 Å². The van der Waals surface area contributed by atoms with Gasteiger partial charge in [0.05, 0.1) is 5.69 Å². The molecule has 0 spiro atoms. The van der Waals surface area contributed by atoms with Crippen molar-refractivity contribution < 1.29 is 8.42 Å². The molecule has 0 saturated heterocycles. The fourth-order valence-corrected chi connectivity index (χ4v) is 3.01. The molecule has 0 atom stereocenters. The third-order valence-electron chi connectivity index (χ3n) is 2.62. The van der Waals surface area contributed by atoms with Crippen LogP contribution in [0.2, 0.25) is 0 Å². The van der Waals surface area contributed by atoms with Crippen LogP contribution in [-0.2, 0) is 10.0 Å².